The molecule has 2 aromatic rings. The number of likely N-dealkylation sites (tertiary alicyclic amines) is 1. The van der Waals surface area contributed by atoms with Gasteiger partial charge in [-0.15, -0.1) is 0 Å². The Morgan fingerprint density at radius 3 is 2.87 bits per heavy atom. The van der Waals surface area contributed by atoms with Gasteiger partial charge in [0.05, 0.1) is 4.47 Å². The molecule has 7 nitrogen and oxygen atoms in total. The zero-order valence-electron chi connectivity index (χ0n) is 12.5. The summed E-state index contributed by atoms with van der Waals surface area (Å²) in [6, 6.07) is 3.64. The number of carbonyl (C=O) groups is 1. The number of nitriles is 1. The average molecular weight is 379 g/mol. The van der Waals surface area contributed by atoms with Gasteiger partial charge in [0.15, 0.2) is 11.3 Å². The van der Waals surface area contributed by atoms with E-state index in [0.717, 1.165) is 25.9 Å². The maximum atomic E-state index is 11.5. The van der Waals surface area contributed by atoms with E-state index >= 15 is 0 Å². The molecule has 0 aromatic carbocycles. The van der Waals surface area contributed by atoms with Crippen LogP contribution in [0.1, 0.15) is 29.1 Å². The fraction of sp³-hybridized carbons (Fsp3) is 0.400. The smallest absolute Gasteiger partial charge is 0.358 e. The molecule has 0 saturated carbocycles. The molecule has 0 bridgehead atoms. The van der Waals surface area contributed by atoms with Gasteiger partial charge in [0.2, 0.25) is 5.76 Å². The third-order valence-electron chi connectivity index (χ3n) is 3.99. The number of aromatic carboxylic acids is 1. The summed E-state index contributed by atoms with van der Waals surface area (Å²) in [5, 5.41) is 22.2. The minimum absolute atomic E-state index is 0.0569. The van der Waals surface area contributed by atoms with E-state index in [2.05, 4.69) is 38.2 Å². The molecule has 1 fully saturated rings. The SMILES string of the molecule is CN1CCC(Nc2nc(C(=O)O)c3oc(C#N)cc3c2Br)CC1. The molecule has 0 aliphatic carbocycles. The number of hydrogen-bond donors (Lipinski definition) is 2. The molecule has 0 unspecified atom stereocenters. The summed E-state index contributed by atoms with van der Waals surface area (Å²) in [6.45, 7) is 1.96. The highest BCUT2D eigenvalue weighted by atomic mass is 79.9. The zero-order valence-corrected chi connectivity index (χ0v) is 14.1. The lowest BCUT2D eigenvalue weighted by molar-refractivity contribution is 0.0691. The number of pyridine rings is 1. The minimum atomic E-state index is -1.19. The van der Waals surface area contributed by atoms with Crippen LogP contribution < -0.4 is 5.32 Å². The lowest BCUT2D eigenvalue weighted by Crippen LogP contribution is -2.37. The molecule has 3 rings (SSSR count). The monoisotopic (exact) mass is 378 g/mol. The summed E-state index contributed by atoms with van der Waals surface area (Å²) in [7, 11) is 2.08. The Kier molecular flexibility index (Phi) is 4.24. The second kappa shape index (κ2) is 6.18. The maximum absolute atomic E-state index is 11.5. The van der Waals surface area contributed by atoms with Crippen molar-refractivity contribution < 1.29 is 14.3 Å². The van der Waals surface area contributed by atoms with E-state index in [9.17, 15) is 9.90 Å². The molecular formula is C15H15BrN4O3. The number of anilines is 1. The summed E-state index contributed by atoms with van der Waals surface area (Å²) in [5.74, 6) is -0.663. The van der Waals surface area contributed by atoms with Gasteiger partial charge in [-0.2, -0.15) is 5.26 Å². The lowest BCUT2D eigenvalue weighted by atomic mass is 10.1. The van der Waals surface area contributed by atoms with E-state index < -0.39 is 5.97 Å². The Morgan fingerprint density at radius 2 is 2.26 bits per heavy atom. The van der Waals surface area contributed by atoms with Gasteiger partial charge < -0.3 is 19.7 Å². The van der Waals surface area contributed by atoms with Crippen molar-refractivity contribution in [2.75, 3.05) is 25.5 Å². The fourth-order valence-electron chi connectivity index (χ4n) is 2.71. The Morgan fingerprint density at radius 1 is 1.57 bits per heavy atom. The molecule has 3 heterocycles. The number of carboxylic acid groups (broad SMARTS) is 1. The first-order valence-corrected chi connectivity index (χ1v) is 8.00. The Bertz CT molecular complexity index is 803. The van der Waals surface area contributed by atoms with Crippen molar-refractivity contribution in [3.8, 4) is 6.07 Å². The van der Waals surface area contributed by atoms with Crippen molar-refractivity contribution in [3.63, 3.8) is 0 Å². The van der Waals surface area contributed by atoms with Crippen LogP contribution in [0.4, 0.5) is 5.82 Å². The Balaban J connectivity index is 2.01. The average Bonchev–Trinajstić information content (AvgIpc) is 2.96. The van der Waals surface area contributed by atoms with Crippen LogP contribution in [-0.4, -0.2) is 47.1 Å². The standard InChI is InChI=1S/C15H15BrN4O3/c1-20-4-2-8(3-5-20)18-14-11(16)10-6-9(7-17)23-13(10)12(19-14)15(21)22/h6,8H,2-5H2,1H3,(H,18,19)(H,21,22). The topological polar surface area (TPSA) is 102 Å². The third-order valence-corrected chi connectivity index (χ3v) is 4.79. The summed E-state index contributed by atoms with van der Waals surface area (Å²) >= 11 is 3.45. The number of nitrogens with one attached hydrogen (secondary N) is 1. The van der Waals surface area contributed by atoms with Gasteiger partial charge in [-0.1, -0.05) is 0 Å². The highest BCUT2D eigenvalue weighted by Crippen LogP contribution is 2.34. The summed E-state index contributed by atoms with van der Waals surface area (Å²) in [4.78, 5) is 17.9. The highest BCUT2D eigenvalue weighted by molar-refractivity contribution is 9.10. The van der Waals surface area contributed by atoms with Gasteiger partial charge in [-0.25, -0.2) is 9.78 Å². The van der Waals surface area contributed by atoms with Crippen LogP contribution in [0.5, 0.6) is 0 Å². The predicted octanol–water partition coefficient (Wildman–Crippen LogP) is 2.67. The first-order chi connectivity index (χ1) is 11.0. The predicted molar refractivity (Wildman–Crippen MR) is 87.5 cm³/mol. The Hall–Kier alpha value is -2.11. The number of furan rings is 1. The largest absolute Gasteiger partial charge is 0.476 e. The van der Waals surface area contributed by atoms with Crippen LogP contribution in [0.25, 0.3) is 11.0 Å². The second-order valence-electron chi connectivity index (χ2n) is 5.62. The molecule has 1 aliphatic heterocycles. The molecule has 2 aromatic heterocycles. The van der Waals surface area contributed by atoms with Crippen LogP contribution in [-0.2, 0) is 0 Å². The van der Waals surface area contributed by atoms with Crippen LogP contribution in [0.2, 0.25) is 0 Å². The minimum Gasteiger partial charge on any atom is -0.476 e. The highest BCUT2D eigenvalue weighted by Gasteiger charge is 2.24. The molecule has 0 spiro atoms. The van der Waals surface area contributed by atoms with E-state index in [1.807, 2.05) is 6.07 Å². The van der Waals surface area contributed by atoms with Crippen molar-refractivity contribution in [3.05, 3.63) is 22.0 Å². The van der Waals surface area contributed by atoms with Gasteiger partial charge in [-0.3, -0.25) is 0 Å². The Labute approximate surface area is 141 Å². The quantitative estimate of drug-likeness (QED) is 0.845. The number of fused-ring (bicyclic) bond motifs is 1. The first kappa shape index (κ1) is 15.8. The summed E-state index contributed by atoms with van der Waals surface area (Å²) in [5.41, 5.74) is -0.0880. The number of halogens is 1. The van der Waals surface area contributed by atoms with E-state index in [4.69, 9.17) is 9.68 Å². The number of nitrogens with zero attached hydrogens (tertiary/aromatic N) is 3. The molecule has 8 heteroatoms. The van der Waals surface area contributed by atoms with Gasteiger partial charge >= 0.3 is 5.97 Å². The number of rotatable bonds is 3. The molecule has 2 N–H and O–H groups in total. The van der Waals surface area contributed by atoms with Crippen LogP contribution in [0.15, 0.2) is 15.0 Å². The molecule has 1 saturated heterocycles. The second-order valence-corrected chi connectivity index (χ2v) is 6.41. The summed E-state index contributed by atoms with van der Waals surface area (Å²) in [6.07, 6.45) is 1.92. The fourth-order valence-corrected chi connectivity index (χ4v) is 3.21. The van der Waals surface area contributed by atoms with E-state index in [-0.39, 0.29) is 23.1 Å². The molecule has 1 aliphatic rings. The van der Waals surface area contributed by atoms with Crippen molar-refractivity contribution in [1.82, 2.24) is 9.88 Å². The van der Waals surface area contributed by atoms with Crippen LogP contribution >= 0.6 is 15.9 Å². The zero-order chi connectivity index (χ0) is 16.6. The normalized spacial score (nSPS) is 16.4. The van der Waals surface area contributed by atoms with E-state index in [1.165, 1.54) is 6.07 Å². The molecule has 0 atom stereocenters. The summed E-state index contributed by atoms with van der Waals surface area (Å²) < 4.78 is 5.89. The van der Waals surface area contributed by atoms with Crippen LogP contribution in [0.3, 0.4) is 0 Å². The van der Waals surface area contributed by atoms with E-state index in [1.54, 1.807) is 0 Å². The number of carboxylic acids is 1. The van der Waals surface area contributed by atoms with Crippen molar-refractivity contribution in [2.24, 2.45) is 0 Å². The maximum Gasteiger partial charge on any atom is 0.358 e. The van der Waals surface area contributed by atoms with Gasteiger partial charge in [0.25, 0.3) is 0 Å². The molecule has 120 valence electrons. The van der Waals surface area contributed by atoms with Crippen molar-refractivity contribution >= 4 is 38.7 Å². The van der Waals surface area contributed by atoms with Crippen LogP contribution in [0, 0.1) is 11.3 Å². The number of aromatic nitrogens is 1. The van der Waals surface area contributed by atoms with Crippen molar-refractivity contribution in [2.45, 2.75) is 18.9 Å². The lowest BCUT2D eigenvalue weighted by Gasteiger charge is -2.30. The molecular weight excluding hydrogens is 364 g/mol. The number of hydrogen-bond acceptors (Lipinski definition) is 6. The van der Waals surface area contributed by atoms with E-state index in [0.29, 0.717) is 15.7 Å². The number of piperidine rings is 1. The molecule has 0 amide bonds. The van der Waals surface area contributed by atoms with Crippen molar-refractivity contribution in [1.29, 1.82) is 5.26 Å². The molecule has 23 heavy (non-hydrogen) atoms. The van der Waals surface area contributed by atoms with Gasteiger partial charge in [-0.05, 0) is 48.9 Å². The van der Waals surface area contributed by atoms with Gasteiger partial charge in [0, 0.05) is 17.5 Å². The first-order valence-electron chi connectivity index (χ1n) is 7.21. The van der Waals surface area contributed by atoms with Gasteiger partial charge in [0.1, 0.15) is 11.9 Å². The molecule has 0 radical (unpaired) electrons. The third kappa shape index (κ3) is 3.02.